The number of thiophene rings is 1. The first-order valence-electron chi connectivity index (χ1n) is 7.33. The van der Waals surface area contributed by atoms with Crippen LogP contribution < -0.4 is 10.1 Å². The molecular weight excluding hydrogens is 292 g/mol. The number of nitrogens with zero attached hydrogens (tertiary/aromatic N) is 1. The van der Waals surface area contributed by atoms with Crippen LogP contribution in [0.3, 0.4) is 0 Å². The first-order valence-corrected chi connectivity index (χ1v) is 8.27. The average Bonchev–Trinajstić information content (AvgIpc) is 3.07. The Hall–Kier alpha value is -2.33. The maximum Gasteiger partial charge on any atom is 0.145 e. The fraction of sp³-hybridized carbons (Fsp3) is 0.167. The second-order valence-corrected chi connectivity index (χ2v) is 5.76. The monoisotopic (exact) mass is 310 g/mol. The summed E-state index contributed by atoms with van der Waals surface area (Å²) in [7, 11) is 0. The van der Waals surface area contributed by atoms with Gasteiger partial charge in [-0.3, -0.25) is 4.98 Å². The Labute approximate surface area is 134 Å². The Morgan fingerprint density at radius 2 is 1.95 bits per heavy atom. The van der Waals surface area contributed by atoms with Crippen LogP contribution in [0.5, 0.6) is 11.5 Å². The van der Waals surface area contributed by atoms with Gasteiger partial charge in [0.15, 0.2) is 0 Å². The second kappa shape index (κ2) is 7.61. The zero-order chi connectivity index (χ0) is 15.0. The molecule has 2 aromatic heterocycles. The second-order valence-electron chi connectivity index (χ2n) is 4.98. The normalized spacial score (nSPS) is 10.4. The molecule has 112 valence electrons. The Morgan fingerprint density at radius 3 is 2.68 bits per heavy atom. The zero-order valence-corrected chi connectivity index (χ0v) is 13.1. The molecule has 0 fully saturated rings. The molecule has 0 aliphatic carbocycles. The molecule has 0 aliphatic rings. The van der Waals surface area contributed by atoms with Crippen molar-refractivity contribution < 1.29 is 4.74 Å². The van der Waals surface area contributed by atoms with Crippen LogP contribution in [0.2, 0.25) is 0 Å². The maximum atomic E-state index is 5.72. The van der Waals surface area contributed by atoms with Crippen LogP contribution in [0.4, 0.5) is 5.69 Å². The van der Waals surface area contributed by atoms with Gasteiger partial charge in [-0.1, -0.05) is 0 Å². The molecule has 0 atom stereocenters. The van der Waals surface area contributed by atoms with Crippen molar-refractivity contribution in [3.8, 4) is 11.5 Å². The average molecular weight is 310 g/mol. The van der Waals surface area contributed by atoms with E-state index in [9.17, 15) is 0 Å². The summed E-state index contributed by atoms with van der Waals surface area (Å²) in [6.07, 6.45) is 5.69. The minimum atomic E-state index is 0.749. The SMILES string of the molecule is c1cncc(Oc2ccc(NCCCc3ccsc3)cc2)c1. The van der Waals surface area contributed by atoms with E-state index in [0.29, 0.717) is 0 Å². The first kappa shape index (κ1) is 14.6. The highest BCUT2D eigenvalue weighted by Crippen LogP contribution is 2.22. The molecule has 0 amide bonds. The van der Waals surface area contributed by atoms with Crippen molar-refractivity contribution in [3.05, 3.63) is 71.2 Å². The lowest BCUT2D eigenvalue weighted by atomic mass is 10.2. The van der Waals surface area contributed by atoms with E-state index in [-0.39, 0.29) is 0 Å². The Bertz CT molecular complexity index is 666. The summed E-state index contributed by atoms with van der Waals surface area (Å²) in [5, 5.41) is 7.78. The van der Waals surface area contributed by atoms with Gasteiger partial charge in [-0.05, 0) is 71.6 Å². The topological polar surface area (TPSA) is 34.1 Å². The molecule has 3 aromatic rings. The van der Waals surface area contributed by atoms with Crippen LogP contribution in [0, 0.1) is 0 Å². The zero-order valence-electron chi connectivity index (χ0n) is 12.2. The van der Waals surface area contributed by atoms with Gasteiger partial charge in [0.25, 0.3) is 0 Å². The molecule has 0 unspecified atom stereocenters. The van der Waals surface area contributed by atoms with E-state index >= 15 is 0 Å². The predicted molar refractivity (Wildman–Crippen MR) is 91.9 cm³/mol. The van der Waals surface area contributed by atoms with E-state index in [1.54, 1.807) is 23.7 Å². The summed E-state index contributed by atoms with van der Waals surface area (Å²) in [6.45, 7) is 0.971. The fourth-order valence-electron chi connectivity index (χ4n) is 2.14. The van der Waals surface area contributed by atoms with E-state index in [4.69, 9.17) is 4.74 Å². The number of rotatable bonds is 7. The summed E-state index contributed by atoms with van der Waals surface area (Å²) < 4.78 is 5.72. The standard InChI is InChI=1S/C18H18N2OS/c1(3-15-9-12-22-14-15)11-20-16-5-7-17(8-6-16)21-18-4-2-10-19-13-18/h2,4-10,12-14,20H,1,3,11H2. The predicted octanol–water partition coefficient (Wildman–Crippen LogP) is 4.98. The van der Waals surface area contributed by atoms with Gasteiger partial charge in [-0.15, -0.1) is 0 Å². The van der Waals surface area contributed by atoms with Crippen LogP contribution in [0.25, 0.3) is 0 Å². The van der Waals surface area contributed by atoms with Crippen molar-refractivity contribution in [3.63, 3.8) is 0 Å². The van der Waals surface area contributed by atoms with Crippen LogP contribution in [0.1, 0.15) is 12.0 Å². The number of hydrogen-bond acceptors (Lipinski definition) is 4. The molecule has 0 saturated carbocycles. The summed E-state index contributed by atoms with van der Waals surface area (Å²) in [5.41, 5.74) is 2.54. The summed E-state index contributed by atoms with van der Waals surface area (Å²) >= 11 is 1.76. The quantitative estimate of drug-likeness (QED) is 0.625. The molecule has 0 radical (unpaired) electrons. The Balaban J connectivity index is 1.45. The lowest BCUT2D eigenvalue weighted by Crippen LogP contribution is -2.02. The van der Waals surface area contributed by atoms with E-state index in [0.717, 1.165) is 36.6 Å². The lowest BCUT2D eigenvalue weighted by Gasteiger charge is -2.08. The first-order chi connectivity index (χ1) is 10.9. The highest BCUT2D eigenvalue weighted by molar-refractivity contribution is 7.07. The summed E-state index contributed by atoms with van der Waals surface area (Å²) in [4.78, 5) is 4.03. The number of aryl methyl sites for hydroxylation is 1. The molecule has 4 heteroatoms. The van der Waals surface area contributed by atoms with Gasteiger partial charge in [-0.25, -0.2) is 0 Å². The third kappa shape index (κ3) is 4.33. The summed E-state index contributed by atoms with van der Waals surface area (Å²) in [6, 6.07) is 14.0. The molecule has 1 N–H and O–H groups in total. The number of hydrogen-bond donors (Lipinski definition) is 1. The molecule has 0 spiro atoms. The number of benzene rings is 1. The smallest absolute Gasteiger partial charge is 0.145 e. The van der Waals surface area contributed by atoms with Crippen molar-refractivity contribution >= 4 is 17.0 Å². The van der Waals surface area contributed by atoms with Crippen molar-refractivity contribution in [2.45, 2.75) is 12.8 Å². The third-order valence-electron chi connectivity index (χ3n) is 3.28. The molecule has 0 aliphatic heterocycles. The Morgan fingerprint density at radius 1 is 1.05 bits per heavy atom. The molecule has 2 heterocycles. The van der Waals surface area contributed by atoms with Gasteiger partial charge in [0.2, 0.25) is 0 Å². The van der Waals surface area contributed by atoms with Gasteiger partial charge in [0.1, 0.15) is 11.5 Å². The Kier molecular flexibility index (Phi) is 5.05. The van der Waals surface area contributed by atoms with Crippen LogP contribution in [-0.4, -0.2) is 11.5 Å². The van der Waals surface area contributed by atoms with Crippen molar-refractivity contribution in [1.82, 2.24) is 4.98 Å². The maximum absolute atomic E-state index is 5.72. The molecule has 3 rings (SSSR count). The molecule has 3 nitrogen and oxygen atoms in total. The van der Waals surface area contributed by atoms with Gasteiger partial charge >= 0.3 is 0 Å². The molecule has 0 saturated heterocycles. The number of anilines is 1. The highest BCUT2D eigenvalue weighted by atomic mass is 32.1. The third-order valence-corrected chi connectivity index (χ3v) is 4.01. The van der Waals surface area contributed by atoms with E-state index in [1.165, 1.54) is 5.56 Å². The van der Waals surface area contributed by atoms with E-state index in [1.807, 2.05) is 36.4 Å². The van der Waals surface area contributed by atoms with Crippen LogP contribution in [0.15, 0.2) is 65.6 Å². The molecular formula is C18H18N2OS. The largest absolute Gasteiger partial charge is 0.456 e. The van der Waals surface area contributed by atoms with Gasteiger partial charge < -0.3 is 10.1 Å². The van der Waals surface area contributed by atoms with E-state index in [2.05, 4.69) is 27.1 Å². The highest BCUT2D eigenvalue weighted by Gasteiger charge is 1.98. The summed E-state index contributed by atoms with van der Waals surface area (Å²) in [5.74, 6) is 1.57. The fourth-order valence-corrected chi connectivity index (χ4v) is 2.85. The number of nitrogens with one attached hydrogen (secondary N) is 1. The van der Waals surface area contributed by atoms with Crippen molar-refractivity contribution in [1.29, 1.82) is 0 Å². The van der Waals surface area contributed by atoms with Crippen molar-refractivity contribution in [2.75, 3.05) is 11.9 Å². The molecule has 0 bridgehead atoms. The molecule has 22 heavy (non-hydrogen) atoms. The van der Waals surface area contributed by atoms with Gasteiger partial charge in [0.05, 0.1) is 6.20 Å². The number of aromatic nitrogens is 1. The lowest BCUT2D eigenvalue weighted by molar-refractivity contribution is 0.480. The minimum Gasteiger partial charge on any atom is -0.456 e. The van der Waals surface area contributed by atoms with E-state index < -0.39 is 0 Å². The van der Waals surface area contributed by atoms with Crippen molar-refractivity contribution in [2.24, 2.45) is 0 Å². The minimum absolute atomic E-state index is 0.749. The number of ether oxygens (including phenoxy) is 1. The van der Waals surface area contributed by atoms with Crippen LogP contribution in [-0.2, 0) is 6.42 Å². The van der Waals surface area contributed by atoms with Crippen LogP contribution >= 0.6 is 11.3 Å². The molecule has 1 aromatic carbocycles. The number of pyridine rings is 1. The van der Waals surface area contributed by atoms with Gasteiger partial charge in [-0.2, -0.15) is 11.3 Å². The van der Waals surface area contributed by atoms with Gasteiger partial charge in [0, 0.05) is 18.4 Å².